The van der Waals surface area contributed by atoms with Gasteiger partial charge in [-0.3, -0.25) is 0 Å². The van der Waals surface area contributed by atoms with Crippen molar-refractivity contribution in [2.24, 2.45) is 0 Å². The van der Waals surface area contributed by atoms with E-state index < -0.39 is 80.8 Å². The zero-order valence-corrected chi connectivity index (χ0v) is 13.4. The van der Waals surface area contributed by atoms with Crippen molar-refractivity contribution in [1.29, 1.82) is 0 Å². The fourth-order valence-corrected chi connectivity index (χ4v) is 2.88. The number of carbonyl (C=O) groups is 1. The largest absolute Gasteiger partial charge is 0.506 e. The molecular weight excluding hydrogens is 388 g/mol. The molecule has 2 fully saturated rings. The van der Waals surface area contributed by atoms with Crippen LogP contribution in [-0.4, -0.2) is 145 Å². The van der Waals surface area contributed by atoms with Gasteiger partial charge in [0.1, 0.15) is 43.2 Å². The van der Waals surface area contributed by atoms with Crippen LogP contribution >= 0.6 is 0 Å². The van der Waals surface area contributed by atoms with Gasteiger partial charge in [0, 0.05) is 0 Å². The number of hydrogen-bond donors (Lipinski definition) is 8. The highest BCUT2D eigenvalue weighted by Gasteiger charge is 2.61. The second-order valence-corrected chi connectivity index (χ2v) is 5.92. The van der Waals surface area contributed by atoms with Gasteiger partial charge in [-0.2, -0.15) is 0 Å². The van der Waals surface area contributed by atoms with E-state index in [2.05, 4.69) is 4.74 Å². The molecule has 0 aliphatic carbocycles. The van der Waals surface area contributed by atoms with Crippen LogP contribution in [0.3, 0.4) is 0 Å². The molecule has 0 spiro atoms. The van der Waals surface area contributed by atoms with Crippen LogP contribution in [0.5, 0.6) is 0 Å². The summed E-state index contributed by atoms with van der Waals surface area (Å²) < 4.78 is 20.1. The zero-order chi connectivity index (χ0) is 19.6. The lowest BCUT2D eigenvalue weighted by atomic mass is 9.99. The molecule has 9 atom stereocenters. The van der Waals surface area contributed by atoms with Gasteiger partial charge >= 0.3 is 29.2 Å². The van der Waals surface area contributed by atoms with Crippen molar-refractivity contribution in [1.82, 2.24) is 0 Å². The molecule has 0 aromatic heterocycles. The summed E-state index contributed by atoms with van der Waals surface area (Å²) in [5.74, 6) is -2.39. The summed E-state index contributed by atoms with van der Waals surface area (Å²) in [5.41, 5.74) is 0. The average molecular weight is 413 g/mol. The summed E-state index contributed by atoms with van der Waals surface area (Å²) >= 11 is 0. The molecule has 2 rings (SSSR count). The van der Waals surface area contributed by atoms with Crippen molar-refractivity contribution in [3.63, 3.8) is 0 Å². The van der Waals surface area contributed by atoms with Crippen LogP contribution in [0.2, 0.25) is 0 Å². The summed E-state index contributed by atoms with van der Waals surface area (Å²) in [4.78, 5) is 10.9. The van der Waals surface area contributed by atoms with E-state index in [-0.39, 0.29) is 23.1 Å². The highest BCUT2D eigenvalue weighted by Crippen LogP contribution is 2.37. The summed E-state index contributed by atoms with van der Waals surface area (Å²) in [5, 5.41) is 76.5. The Balaban J connectivity index is 0.00000364. The van der Waals surface area contributed by atoms with Gasteiger partial charge in [-0.1, -0.05) is 0 Å². The molecule has 0 amide bonds. The SMILES string of the molecule is O=C(O)O[C@H]1[C@H](O)[C@@H](CO)O[C@@]1(CO)O[C@H]1O[C@H](CO)[C@@H](O)[C@H](O)[C@H]1O.[MgH2]. The van der Waals surface area contributed by atoms with Crippen molar-refractivity contribution in [2.75, 3.05) is 19.8 Å². The summed E-state index contributed by atoms with van der Waals surface area (Å²) in [7, 11) is 0. The predicted octanol–water partition coefficient (Wildman–Crippen LogP) is -5.61. The minimum Gasteiger partial charge on any atom is -0.450 e. The maximum absolute atomic E-state index is 10.9. The van der Waals surface area contributed by atoms with Crippen LogP contribution in [0.1, 0.15) is 0 Å². The molecule has 13 nitrogen and oxygen atoms in total. The quantitative estimate of drug-likeness (QED) is 0.151. The Kier molecular flexibility index (Phi) is 9.05. The van der Waals surface area contributed by atoms with E-state index in [0.29, 0.717) is 0 Å². The number of hydrogen-bond acceptors (Lipinski definition) is 12. The number of aliphatic hydroxyl groups excluding tert-OH is 7. The van der Waals surface area contributed by atoms with E-state index in [1.165, 1.54) is 0 Å². The summed E-state index contributed by atoms with van der Waals surface area (Å²) in [6.45, 7) is -2.62. The van der Waals surface area contributed by atoms with E-state index >= 15 is 0 Å². The lowest BCUT2D eigenvalue weighted by Crippen LogP contribution is -2.63. The molecule has 0 radical (unpaired) electrons. The van der Waals surface area contributed by atoms with Crippen LogP contribution < -0.4 is 0 Å². The van der Waals surface area contributed by atoms with E-state index in [9.17, 15) is 35.4 Å². The highest BCUT2D eigenvalue weighted by molar-refractivity contribution is 5.75. The smallest absolute Gasteiger partial charge is 0.450 e. The Labute approximate surface area is 168 Å². The zero-order valence-electron chi connectivity index (χ0n) is 13.4. The average Bonchev–Trinajstić information content (AvgIpc) is 2.87. The number of rotatable bonds is 6. The first kappa shape index (κ1) is 24.7. The van der Waals surface area contributed by atoms with Gasteiger partial charge in [-0.05, 0) is 0 Å². The van der Waals surface area contributed by atoms with Gasteiger partial charge < -0.3 is 59.8 Å². The third kappa shape index (κ3) is 4.80. The molecule has 156 valence electrons. The highest BCUT2D eigenvalue weighted by atomic mass is 24.3. The number of ether oxygens (including phenoxy) is 4. The molecule has 2 aliphatic rings. The Morgan fingerprint density at radius 3 is 2.00 bits per heavy atom. The van der Waals surface area contributed by atoms with Crippen molar-refractivity contribution in [3.8, 4) is 0 Å². The third-order valence-corrected chi connectivity index (χ3v) is 4.27. The molecular formula is C13H24MgO13. The maximum atomic E-state index is 10.9. The standard InChI is InChI=1S/C13H22O13.Mg.2H/c14-1-4-6(17)8(19)9(20)11(23-4)26-13(3-16)10(24-12(21)22)7(18)5(2-15)25-13;;;/h4-11,14-20H,1-3H2,(H,21,22);;;/t4-,5-,6-,7-,8+,9-,10+,11-,13+;;;/m1.../s1. The van der Waals surface area contributed by atoms with E-state index in [0.717, 1.165) is 0 Å². The first-order chi connectivity index (χ1) is 12.2. The molecule has 0 saturated carbocycles. The van der Waals surface area contributed by atoms with Crippen LogP contribution in [0.15, 0.2) is 0 Å². The van der Waals surface area contributed by atoms with Gasteiger partial charge in [-0.25, -0.2) is 4.79 Å². The molecule has 0 aromatic rings. The van der Waals surface area contributed by atoms with E-state index in [1.807, 2.05) is 0 Å². The van der Waals surface area contributed by atoms with Crippen molar-refractivity contribution >= 4 is 29.2 Å². The number of carboxylic acid groups (broad SMARTS) is 1. The Hall–Kier alpha value is -0.364. The fourth-order valence-electron chi connectivity index (χ4n) is 2.88. The lowest BCUT2D eigenvalue weighted by Gasteiger charge is -2.43. The Bertz CT molecular complexity index is 493. The lowest BCUT2D eigenvalue weighted by molar-refractivity contribution is -0.383. The van der Waals surface area contributed by atoms with Gasteiger partial charge in [0.2, 0.25) is 5.79 Å². The Morgan fingerprint density at radius 1 is 0.926 bits per heavy atom. The second-order valence-electron chi connectivity index (χ2n) is 5.92. The summed E-state index contributed by atoms with van der Waals surface area (Å²) in [6, 6.07) is 0. The number of aliphatic hydroxyl groups is 7. The maximum Gasteiger partial charge on any atom is 0.506 e. The minimum atomic E-state index is -2.39. The van der Waals surface area contributed by atoms with E-state index in [4.69, 9.17) is 24.4 Å². The first-order valence-corrected chi connectivity index (χ1v) is 7.66. The van der Waals surface area contributed by atoms with Crippen LogP contribution in [0, 0.1) is 0 Å². The molecule has 0 aromatic carbocycles. The van der Waals surface area contributed by atoms with Crippen LogP contribution in [-0.2, 0) is 18.9 Å². The monoisotopic (exact) mass is 412 g/mol. The van der Waals surface area contributed by atoms with Crippen LogP contribution in [0.4, 0.5) is 4.79 Å². The molecule has 8 N–H and O–H groups in total. The topological polar surface area (TPSA) is 216 Å². The van der Waals surface area contributed by atoms with E-state index in [1.54, 1.807) is 0 Å². The van der Waals surface area contributed by atoms with Gasteiger partial charge in [0.15, 0.2) is 12.4 Å². The molecule has 2 heterocycles. The van der Waals surface area contributed by atoms with Gasteiger partial charge in [-0.15, -0.1) is 0 Å². The minimum absolute atomic E-state index is 0. The van der Waals surface area contributed by atoms with Crippen molar-refractivity contribution in [2.45, 2.75) is 54.8 Å². The van der Waals surface area contributed by atoms with Gasteiger partial charge in [0.25, 0.3) is 0 Å². The normalized spacial score (nSPS) is 44.6. The van der Waals surface area contributed by atoms with Crippen molar-refractivity contribution in [3.05, 3.63) is 0 Å². The molecule has 0 bridgehead atoms. The molecule has 0 unspecified atom stereocenters. The van der Waals surface area contributed by atoms with Gasteiger partial charge in [0.05, 0.1) is 13.2 Å². The first-order valence-electron chi connectivity index (χ1n) is 7.66. The molecule has 2 saturated heterocycles. The molecule has 14 heteroatoms. The van der Waals surface area contributed by atoms with Crippen molar-refractivity contribution < 1.29 is 64.6 Å². The predicted molar refractivity (Wildman–Crippen MR) is 84.1 cm³/mol. The molecule has 2 aliphatic heterocycles. The Morgan fingerprint density at radius 2 is 1.52 bits per heavy atom. The fraction of sp³-hybridized carbons (Fsp3) is 0.923. The van der Waals surface area contributed by atoms with Crippen LogP contribution in [0.25, 0.3) is 0 Å². The summed E-state index contributed by atoms with van der Waals surface area (Å²) in [6.07, 6.45) is -15.3. The third-order valence-electron chi connectivity index (χ3n) is 4.27. The molecule has 27 heavy (non-hydrogen) atoms. The second kappa shape index (κ2) is 9.90.